The third-order valence-electron chi connectivity index (χ3n) is 6.71. The number of nitrogens with zero attached hydrogens (tertiary/aromatic N) is 6. The zero-order valence-electron chi connectivity index (χ0n) is 22.0. The Labute approximate surface area is 237 Å². The first kappa shape index (κ1) is 26.3. The van der Waals surface area contributed by atoms with E-state index in [0.717, 1.165) is 44.4 Å². The minimum Gasteiger partial charge on any atom is -0.311 e. The van der Waals surface area contributed by atoms with Crippen molar-refractivity contribution in [2.24, 2.45) is 15.9 Å². The number of allylic oxidation sites excluding steroid dienone is 1. The SMILES string of the molecule is CS(=O)(=O)CCNCc1cnc(N2C=CC3C=NCC(=Nc4ccc5c(cnn5Cc5ccccc5)c4)C3=C2)s1. The van der Waals surface area contributed by atoms with E-state index in [2.05, 4.69) is 56.9 Å². The Morgan fingerprint density at radius 3 is 2.88 bits per heavy atom. The van der Waals surface area contributed by atoms with Crippen LogP contribution in [0.5, 0.6) is 0 Å². The molecule has 0 bridgehead atoms. The summed E-state index contributed by atoms with van der Waals surface area (Å²) in [5.74, 6) is 0.186. The highest BCUT2D eigenvalue weighted by Crippen LogP contribution is 2.31. The van der Waals surface area contributed by atoms with Crippen molar-refractivity contribution in [2.45, 2.75) is 13.1 Å². The summed E-state index contributed by atoms with van der Waals surface area (Å²) < 4.78 is 24.7. The van der Waals surface area contributed by atoms with Gasteiger partial charge in [0.2, 0.25) is 0 Å². The maximum atomic E-state index is 11.3. The second-order valence-electron chi connectivity index (χ2n) is 9.85. The first-order chi connectivity index (χ1) is 19.4. The number of sulfone groups is 1. The van der Waals surface area contributed by atoms with Crippen molar-refractivity contribution in [3.8, 4) is 0 Å². The molecule has 1 unspecified atom stereocenters. The lowest BCUT2D eigenvalue weighted by Crippen LogP contribution is -2.27. The predicted octanol–water partition coefficient (Wildman–Crippen LogP) is 4.37. The van der Waals surface area contributed by atoms with Crippen LogP contribution in [0.2, 0.25) is 0 Å². The van der Waals surface area contributed by atoms with Gasteiger partial charge in [0.1, 0.15) is 9.84 Å². The highest BCUT2D eigenvalue weighted by atomic mass is 32.2. The second kappa shape index (κ2) is 11.3. The standard InChI is InChI=1S/C29H29N7O2S2/c1-40(37,38)12-10-30-16-25-17-32-29(39-25)35-11-9-22-14-31-18-27(26(22)20-35)34-24-7-8-28-23(13-24)15-33-36(28)19-21-5-3-2-4-6-21/h2-9,11,13-15,17,20,22,30H,10,12,16,18-19H2,1H3. The number of fused-ring (bicyclic) bond motifs is 2. The number of hydrogen-bond donors (Lipinski definition) is 1. The van der Waals surface area contributed by atoms with Crippen LogP contribution in [0, 0.1) is 5.92 Å². The van der Waals surface area contributed by atoms with Crippen molar-refractivity contribution in [1.82, 2.24) is 20.1 Å². The quantitative estimate of drug-likeness (QED) is 0.299. The molecule has 2 aliphatic heterocycles. The van der Waals surface area contributed by atoms with E-state index in [4.69, 9.17) is 4.99 Å². The van der Waals surface area contributed by atoms with E-state index < -0.39 is 9.84 Å². The Hall–Kier alpha value is -3.93. The lowest BCUT2D eigenvalue weighted by Gasteiger charge is -2.26. The summed E-state index contributed by atoms with van der Waals surface area (Å²) in [6.45, 7) is 2.23. The van der Waals surface area contributed by atoms with Crippen molar-refractivity contribution in [3.05, 3.63) is 95.4 Å². The Morgan fingerprint density at radius 1 is 1.15 bits per heavy atom. The molecule has 0 spiro atoms. The Balaban J connectivity index is 1.19. The molecular formula is C29H29N7O2S2. The number of hydrogen-bond acceptors (Lipinski definition) is 9. The van der Waals surface area contributed by atoms with Crippen molar-refractivity contribution in [2.75, 3.05) is 30.0 Å². The van der Waals surface area contributed by atoms with Gasteiger partial charge in [0.25, 0.3) is 0 Å². The van der Waals surface area contributed by atoms with Crippen molar-refractivity contribution in [3.63, 3.8) is 0 Å². The molecule has 9 nitrogen and oxygen atoms in total. The van der Waals surface area contributed by atoms with Crippen molar-refractivity contribution in [1.29, 1.82) is 0 Å². The molecule has 2 aromatic heterocycles. The van der Waals surface area contributed by atoms with Gasteiger partial charge in [0, 0.05) is 65.9 Å². The van der Waals surface area contributed by atoms with Crippen LogP contribution < -0.4 is 10.2 Å². The molecule has 1 N–H and O–H groups in total. The van der Waals surface area contributed by atoms with E-state index in [1.54, 1.807) is 11.3 Å². The second-order valence-corrected chi connectivity index (χ2v) is 13.2. The molecular weight excluding hydrogens is 543 g/mol. The van der Waals surface area contributed by atoms with E-state index >= 15 is 0 Å². The normalized spacial score (nSPS) is 17.9. The molecule has 2 aromatic carbocycles. The monoisotopic (exact) mass is 571 g/mol. The van der Waals surface area contributed by atoms with Gasteiger partial charge in [-0.2, -0.15) is 5.10 Å². The number of anilines is 1. The number of thiazole rings is 1. The Kier molecular flexibility index (Phi) is 7.42. The maximum absolute atomic E-state index is 11.3. The molecule has 0 radical (unpaired) electrons. The molecule has 40 heavy (non-hydrogen) atoms. The van der Waals surface area contributed by atoms with Crippen molar-refractivity contribution < 1.29 is 8.42 Å². The third-order valence-corrected chi connectivity index (χ3v) is 8.66. The van der Waals surface area contributed by atoms with Crippen LogP contribution in [-0.4, -0.2) is 60.2 Å². The third kappa shape index (κ3) is 6.11. The molecule has 11 heteroatoms. The van der Waals surface area contributed by atoms with Crippen LogP contribution in [0.15, 0.2) is 95.0 Å². The topological polar surface area (TPSA) is 105 Å². The van der Waals surface area contributed by atoms with Gasteiger partial charge in [-0.1, -0.05) is 47.7 Å². The summed E-state index contributed by atoms with van der Waals surface area (Å²) in [7, 11) is -2.98. The molecule has 0 saturated heterocycles. The average Bonchev–Trinajstić information content (AvgIpc) is 3.58. The summed E-state index contributed by atoms with van der Waals surface area (Å²) >= 11 is 1.57. The van der Waals surface area contributed by atoms with Gasteiger partial charge in [0.15, 0.2) is 5.13 Å². The summed E-state index contributed by atoms with van der Waals surface area (Å²) in [5.41, 5.74) is 5.18. The van der Waals surface area contributed by atoms with Crippen LogP contribution in [-0.2, 0) is 22.9 Å². The largest absolute Gasteiger partial charge is 0.311 e. The van der Waals surface area contributed by atoms with Gasteiger partial charge in [-0.25, -0.2) is 13.4 Å². The summed E-state index contributed by atoms with van der Waals surface area (Å²) in [5, 5.41) is 9.67. The van der Waals surface area contributed by atoms with E-state index in [1.165, 1.54) is 11.8 Å². The molecule has 1 atom stereocenters. The first-order valence-electron chi connectivity index (χ1n) is 13.0. The van der Waals surface area contributed by atoms with Crippen LogP contribution in [0.1, 0.15) is 10.4 Å². The molecule has 204 valence electrons. The summed E-state index contributed by atoms with van der Waals surface area (Å²) in [6.07, 6.45) is 13.1. The molecule has 0 saturated carbocycles. The van der Waals surface area contributed by atoms with Crippen LogP contribution in [0.4, 0.5) is 10.8 Å². The van der Waals surface area contributed by atoms with Gasteiger partial charge in [-0.05, 0) is 23.8 Å². The Bertz CT molecular complexity index is 1750. The van der Waals surface area contributed by atoms with E-state index in [-0.39, 0.29) is 11.7 Å². The zero-order valence-corrected chi connectivity index (χ0v) is 23.6. The van der Waals surface area contributed by atoms with Gasteiger partial charge in [-0.3, -0.25) is 14.7 Å². The molecule has 0 aliphatic carbocycles. The highest BCUT2D eigenvalue weighted by molar-refractivity contribution is 7.90. The molecule has 4 heterocycles. The fraction of sp³-hybridized carbons (Fsp3) is 0.241. The van der Waals surface area contributed by atoms with Crippen LogP contribution in [0.3, 0.4) is 0 Å². The number of aromatic nitrogens is 3. The van der Waals surface area contributed by atoms with E-state index in [0.29, 0.717) is 19.6 Å². The van der Waals surface area contributed by atoms with Crippen LogP contribution >= 0.6 is 11.3 Å². The molecule has 0 amide bonds. The fourth-order valence-corrected chi connectivity index (χ4v) is 6.03. The molecule has 6 rings (SSSR count). The summed E-state index contributed by atoms with van der Waals surface area (Å²) in [6, 6.07) is 16.5. The summed E-state index contributed by atoms with van der Waals surface area (Å²) in [4.78, 5) is 17.2. The fourth-order valence-electron chi connectivity index (χ4n) is 4.68. The van der Waals surface area contributed by atoms with Gasteiger partial charge in [0.05, 0.1) is 42.0 Å². The predicted molar refractivity (Wildman–Crippen MR) is 162 cm³/mol. The van der Waals surface area contributed by atoms with Gasteiger partial charge in [-0.15, -0.1) is 0 Å². The smallest absolute Gasteiger partial charge is 0.193 e. The zero-order chi connectivity index (χ0) is 27.5. The number of benzene rings is 2. The Morgan fingerprint density at radius 2 is 2.02 bits per heavy atom. The highest BCUT2D eigenvalue weighted by Gasteiger charge is 2.24. The first-order valence-corrected chi connectivity index (χ1v) is 15.9. The molecule has 2 aliphatic rings. The lowest BCUT2D eigenvalue weighted by atomic mass is 9.92. The lowest BCUT2D eigenvalue weighted by molar-refractivity contribution is 0.596. The van der Waals surface area contributed by atoms with Crippen LogP contribution in [0.25, 0.3) is 10.9 Å². The minimum absolute atomic E-state index is 0.0678. The van der Waals surface area contributed by atoms with E-state index in [9.17, 15) is 8.42 Å². The van der Waals surface area contributed by atoms with Crippen molar-refractivity contribution >= 4 is 54.8 Å². The average molecular weight is 572 g/mol. The maximum Gasteiger partial charge on any atom is 0.193 e. The van der Waals surface area contributed by atoms with E-state index in [1.807, 2.05) is 58.7 Å². The minimum atomic E-state index is -2.98. The number of aliphatic imine (C=N–C) groups is 2. The van der Waals surface area contributed by atoms with Gasteiger partial charge < -0.3 is 10.2 Å². The number of rotatable bonds is 9. The number of nitrogens with one attached hydrogen (secondary N) is 1. The molecule has 4 aromatic rings. The molecule has 0 fully saturated rings. The van der Waals surface area contributed by atoms with Gasteiger partial charge >= 0.3 is 0 Å².